The van der Waals surface area contributed by atoms with Crippen LogP contribution in [0.3, 0.4) is 0 Å². The number of hydrogen-bond donors (Lipinski definition) is 2. The zero-order valence-corrected chi connectivity index (χ0v) is 15.1. The Kier molecular flexibility index (Phi) is 5.09. The van der Waals surface area contributed by atoms with Crippen LogP contribution in [0.2, 0.25) is 0 Å². The first-order valence-electron chi connectivity index (χ1n) is 9.10. The molecule has 0 spiro atoms. The molecule has 4 rings (SSSR count). The van der Waals surface area contributed by atoms with Gasteiger partial charge in [0.05, 0.1) is 12.5 Å². The molecule has 2 amide bonds. The van der Waals surface area contributed by atoms with Gasteiger partial charge < -0.3 is 15.2 Å². The molecule has 2 aromatic heterocycles. The molecule has 1 atom stereocenters. The number of anilines is 1. The lowest BCUT2D eigenvalue weighted by atomic mass is 9.97. The summed E-state index contributed by atoms with van der Waals surface area (Å²) in [4.78, 5) is 32.5. The second kappa shape index (κ2) is 7.99. The second-order valence-electron chi connectivity index (χ2n) is 6.57. The van der Waals surface area contributed by atoms with Gasteiger partial charge in [0.15, 0.2) is 0 Å². The van der Waals surface area contributed by atoms with Gasteiger partial charge in [0, 0.05) is 36.5 Å². The number of rotatable bonds is 6. The Morgan fingerprint density at radius 2 is 2.14 bits per heavy atom. The summed E-state index contributed by atoms with van der Waals surface area (Å²) in [7, 11) is 0. The fraction of sp³-hybridized carbons (Fsp3) is 0.250. The van der Waals surface area contributed by atoms with Crippen molar-refractivity contribution in [2.75, 3.05) is 5.32 Å². The minimum Gasteiger partial charge on any atom is -0.349 e. The SMILES string of the molecule is O=C1C[C@@H](NC(=O)CCCc2nc(-c3cccnc3)no2)c2ccccc2N1. The number of carbonyl (C=O) groups is 2. The monoisotopic (exact) mass is 377 g/mol. The smallest absolute Gasteiger partial charge is 0.226 e. The standard InChI is InChI=1S/C20H19N5O3/c26-17(23-16-11-18(27)22-15-7-2-1-6-14(15)16)8-3-9-19-24-20(25-28-19)13-5-4-10-21-12-13/h1-2,4-7,10,12,16H,3,8-9,11H2,(H,22,27)(H,23,26)/t16-/m1/s1. The van der Waals surface area contributed by atoms with Gasteiger partial charge in [0.1, 0.15) is 0 Å². The fourth-order valence-corrected chi connectivity index (χ4v) is 3.18. The van der Waals surface area contributed by atoms with Gasteiger partial charge in [0.2, 0.25) is 23.5 Å². The van der Waals surface area contributed by atoms with Gasteiger partial charge in [-0.1, -0.05) is 23.4 Å². The highest BCUT2D eigenvalue weighted by molar-refractivity contribution is 5.95. The molecule has 0 bridgehead atoms. The number of pyridine rings is 1. The Hall–Kier alpha value is -3.55. The van der Waals surface area contributed by atoms with Crippen LogP contribution in [-0.2, 0) is 16.0 Å². The van der Waals surface area contributed by atoms with Crippen molar-refractivity contribution in [1.82, 2.24) is 20.4 Å². The minimum absolute atomic E-state index is 0.0993. The first-order chi connectivity index (χ1) is 13.7. The molecule has 1 aromatic carbocycles. The molecule has 0 unspecified atom stereocenters. The summed E-state index contributed by atoms with van der Waals surface area (Å²) in [6.45, 7) is 0. The maximum Gasteiger partial charge on any atom is 0.226 e. The molecule has 8 nitrogen and oxygen atoms in total. The molecule has 2 N–H and O–H groups in total. The molecule has 0 saturated carbocycles. The molecule has 1 aliphatic heterocycles. The van der Waals surface area contributed by atoms with Crippen LogP contribution in [0.1, 0.15) is 36.8 Å². The summed E-state index contributed by atoms with van der Waals surface area (Å²) in [6.07, 6.45) is 4.97. The van der Waals surface area contributed by atoms with Crippen LogP contribution in [0.5, 0.6) is 0 Å². The van der Waals surface area contributed by atoms with E-state index in [1.165, 1.54) is 0 Å². The van der Waals surface area contributed by atoms with Gasteiger partial charge in [-0.2, -0.15) is 4.98 Å². The Bertz CT molecular complexity index is 986. The van der Waals surface area contributed by atoms with Crippen molar-refractivity contribution in [3.63, 3.8) is 0 Å². The van der Waals surface area contributed by atoms with Gasteiger partial charge in [0.25, 0.3) is 0 Å². The van der Waals surface area contributed by atoms with E-state index in [4.69, 9.17) is 4.52 Å². The fourth-order valence-electron chi connectivity index (χ4n) is 3.18. The lowest BCUT2D eigenvalue weighted by Crippen LogP contribution is -2.35. The zero-order valence-electron chi connectivity index (χ0n) is 15.1. The van der Waals surface area contributed by atoms with Crippen molar-refractivity contribution >= 4 is 17.5 Å². The number of benzene rings is 1. The van der Waals surface area contributed by atoms with Crippen LogP contribution in [0, 0.1) is 0 Å². The van der Waals surface area contributed by atoms with Crippen molar-refractivity contribution in [2.24, 2.45) is 0 Å². The predicted octanol–water partition coefficient (Wildman–Crippen LogP) is 2.65. The van der Waals surface area contributed by atoms with E-state index in [2.05, 4.69) is 25.8 Å². The van der Waals surface area contributed by atoms with E-state index in [0.717, 1.165) is 16.8 Å². The lowest BCUT2D eigenvalue weighted by molar-refractivity contribution is -0.122. The van der Waals surface area contributed by atoms with Crippen molar-refractivity contribution in [3.8, 4) is 11.4 Å². The number of aryl methyl sites for hydroxylation is 1. The van der Waals surface area contributed by atoms with Gasteiger partial charge in [-0.15, -0.1) is 0 Å². The summed E-state index contributed by atoms with van der Waals surface area (Å²) >= 11 is 0. The Morgan fingerprint density at radius 1 is 1.25 bits per heavy atom. The summed E-state index contributed by atoms with van der Waals surface area (Å²) in [5.74, 6) is 0.755. The van der Waals surface area contributed by atoms with Gasteiger partial charge in [-0.05, 0) is 30.2 Å². The van der Waals surface area contributed by atoms with Crippen molar-refractivity contribution in [3.05, 3.63) is 60.2 Å². The van der Waals surface area contributed by atoms with Gasteiger partial charge >= 0.3 is 0 Å². The average molecular weight is 377 g/mol. The normalized spacial score (nSPS) is 15.6. The minimum atomic E-state index is -0.307. The molecule has 1 aliphatic rings. The third-order valence-corrected chi connectivity index (χ3v) is 4.52. The summed E-state index contributed by atoms with van der Waals surface area (Å²) in [6, 6.07) is 10.8. The van der Waals surface area contributed by atoms with Gasteiger partial charge in [-0.25, -0.2) is 0 Å². The Balaban J connectivity index is 1.30. The molecule has 0 saturated heterocycles. The molecular formula is C20H19N5O3. The number of amides is 2. The second-order valence-corrected chi connectivity index (χ2v) is 6.57. The number of hydrogen-bond acceptors (Lipinski definition) is 6. The topological polar surface area (TPSA) is 110 Å². The van der Waals surface area contributed by atoms with Crippen LogP contribution in [-0.4, -0.2) is 26.9 Å². The number of carbonyl (C=O) groups excluding carboxylic acids is 2. The van der Waals surface area contributed by atoms with E-state index in [0.29, 0.717) is 31.0 Å². The van der Waals surface area contributed by atoms with Crippen LogP contribution in [0.15, 0.2) is 53.3 Å². The highest BCUT2D eigenvalue weighted by Gasteiger charge is 2.25. The number of nitrogens with zero attached hydrogens (tertiary/aromatic N) is 3. The molecule has 0 aliphatic carbocycles. The number of fused-ring (bicyclic) bond motifs is 1. The molecule has 3 heterocycles. The lowest BCUT2D eigenvalue weighted by Gasteiger charge is -2.26. The molecule has 8 heteroatoms. The maximum atomic E-state index is 12.3. The van der Waals surface area contributed by atoms with E-state index < -0.39 is 0 Å². The van der Waals surface area contributed by atoms with E-state index in [-0.39, 0.29) is 24.3 Å². The van der Waals surface area contributed by atoms with Crippen molar-refractivity contribution in [2.45, 2.75) is 31.7 Å². The van der Waals surface area contributed by atoms with Crippen LogP contribution in [0.4, 0.5) is 5.69 Å². The largest absolute Gasteiger partial charge is 0.349 e. The molecule has 142 valence electrons. The van der Waals surface area contributed by atoms with E-state index in [9.17, 15) is 9.59 Å². The number of para-hydroxylation sites is 1. The highest BCUT2D eigenvalue weighted by Crippen LogP contribution is 2.30. The van der Waals surface area contributed by atoms with Crippen molar-refractivity contribution in [1.29, 1.82) is 0 Å². The van der Waals surface area contributed by atoms with Gasteiger partial charge in [-0.3, -0.25) is 14.6 Å². The molecule has 0 radical (unpaired) electrons. The van der Waals surface area contributed by atoms with Crippen molar-refractivity contribution < 1.29 is 14.1 Å². The molecule has 3 aromatic rings. The third kappa shape index (κ3) is 4.06. The highest BCUT2D eigenvalue weighted by atomic mass is 16.5. The zero-order chi connectivity index (χ0) is 19.3. The summed E-state index contributed by atoms with van der Waals surface area (Å²) in [5, 5.41) is 9.71. The average Bonchev–Trinajstić information content (AvgIpc) is 3.17. The first kappa shape index (κ1) is 17.8. The predicted molar refractivity (Wildman–Crippen MR) is 101 cm³/mol. The Labute approximate surface area is 161 Å². The maximum absolute atomic E-state index is 12.3. The first-order valence-corrected chi connectivity index (χ1v) is 9.10. The Morgan fingerprint density at radius 3 is 3.00 bits per heavy atom. The van der Waals surface area contributed by atoms with Crippen LogP contribution < -0.4 is 10.6 Å². The molecule has 28 heavy (non-hydrogen) atoms. The molecular weight excluding hydrogens is 358 g/mol. The number of nitrogens with one attached hydrogen (secondary N) is 2. The van der Waals surface area contributed by atoms with E-state index in [1.807, 2.05) is 30.3 Å². The summed E-state index contributed by atoms with van der Waals surface area (Å²) in [5.41, 5.74) is 2.45. The number of aromatic nitrogens is 3. The van der Waals surface area contributed by atoms with E-state index >= 15 is 0 Å². The van der Waals surface area contributed by atoms with E-state index in [1.54, 1.807) is 18.5 Å². The van der Waals surface area contributed by atoms with Crippen LogP contribution >= 0.6 is 0 Å². The van der Waals surface area contributed by atoms with Crippen LogP contribution in [0.25, 0.3) is 11.4 Å². The molecule has 0 fully saturated rings. The summed E-state index contributed by atoms with van der Waals surface area (Å²) < 4.78 is 5.24. The third-order valence-electron chi connectivity index (χ3n) is 4.52. The quantitative estimate of drug-likeness (QED) is 0.683.